The van der Waals surface area contributed by atoms with E-state index < -0.39 is 29.1 Å². The van der Waals surface area contributed by atoms with E-state index in [1.165, 1.54) is 4.90 Å². The van der Waals surface area contributed by atoms with Gasteiger partial charge in [-0.2, -0.15) is 13.2 Å². The Hall–Kier alpha value is -2.65. The van der Waals surface area contributed by atoms with Crippen LogP contribution in [0.1, 0.15) is 40.7 Å². The summed E-state index contributed by atoms with van der Waals surface area (Å²) in [5, 5.41) is 5.86. The molecule has 2 aromatic heterocycles. The van der Waals surface area contributed by atoms with E-state index in [9.17, 15) is 22.8 Å². The summed E-state index contributed by atoms with van der Waals surface area (Å²) in [7, 11) is 0. The zero-order valence-corrected chi connectivity index (χ0v) is 12.3. The highest BCUT2D eigenvalue weighted by atomic mass is 19.4. The second kappa shape index (κ2) is 6.10. The molecule has 0 radical (unpaired) electrons. The molecule has 0 aromatic carbocycles. The van der Waals surface area contributed by atoms with E-state index in [0.29, 0.717) is 19.4 Å². The van der Waals surface area contributed by atoms with Crippen LogP contribution < -0.4 is 5.76 Å². The van der Waals surface area contributed by atoms with Gasteiger partial charge in [0, 0.05) is 19.3 Å². The Morgan fingerprint density at radius 2 is 2.21 bits per heavy atom. The Bertz CT molecular complexity index is 799. The van der Waals surface area contributed by atoms with Crippen LogP contribution >= 0.6 is 0 Å². The quantitative estimate of drug-likeness (QED) is 0.898. The van der Waals surface area contributed by atoms with E-state index in [1.54, 1.807) is 0 Å². The normalized spacial score (nSPS) is 18.6. The molecule has 1 saturated heterocycles. The predicted molar refractivity (Wildman–Crippen MR) is 74.2 cm³/mol. The molecule has 24 heavy (non-hydrogen) atoms. The monoisotopic (exact) mass is 342 g/mol. The van der Waals surface area contributed by atoms with Gasteiger partial charge in [0.2, 0.25) is 5.89 Å². The summed E-state index contributed by atoms with van der Waals surface area (Å²) in [5.41, 5.74) is -1.70. The molecule has 0 bridgehead atoms. The summed E-state index contributed by atoms with van der Waals surface area (Å²) < 4.78 is 44.0. The van der Waals surface area contributed by atoms with Crippen molar-refractivity contribution in [3.63, 3.8) is 0 Å². The molecule has 1 N–H and O–H groups in total. The number of pyridine rings is 1. The van der Waals surface area contributed by atoms with Crippen LogP contribution in [-0.4, -0.2) is 39.1 Å². The van der Waals surface area contributed by atoms with E-state index in [1.807, 2.05) is 0 Å². The van der Waals surface area contributed by atoms with Crippen molar-refractivity contribution in [2.45, 2.75) is 24.9 Å². The molecule has 1 fully saturated rings. The number of halogens is 3. The molecular formula is C14H13F3N4O3. The molecule has 0 spiro atoms. The fourth-order valence-corrected chi connectivity index (χ4v) is 2.73. The first-order valence-electron chi connectivity index (χ1n) is 7.23. The summed E-state index contributed by atoms with van der Waals surface area (Å²) in [6.07, 6.45) is -2.34. The Labute approximate surface area is 133 Å². The van der Waals surface area contributed by atoms with Crippen molar-refractivity contribution in [3.05, 3.63) is 46.0 Å². The van der Waals surface area contributed by atoms with Crippen molar-refractivity contribution in [2.75, 3.05) is 13.1 Å². The number of likely N-dealkylation sites (tertiary alicyclic amines) is 1. The summed E-state index contributed by atoms with van der Waals surface area (Å²) >= 11 is 0. The van der Waals surface area contributed by atoms with Crippen molar-refractivity contribution >= 4 is 5.91 Å². The molecular weight excluding hydrogens is 329 g/mol. The number of hydrogen-bond donors (Lipinski definition) is 1. The zero-order valence-electron chi connectivity index (χ0n) is 12.3. The fourth-order valence-electron chi connectivity index (χ4n) is 2.73. The molecule has 0 saturated carbocycles. The van der Waals surface area contributed by atoms with Gasteiger partial charge >= 0.3 is 11.9 Å². The molecule has 0 aliphatic carbocycles. The van der Waals surface area contributed by atoms with Gasteiger partial charge in [0.15, 0.2) is 0 Å². The fraction of sp³-hybridized carbons (Fsp3) is 0.429. The van der Waals surface area contributed by atoms with Crippen LogP contribution in [0.15, 0.2) is 27.5 Å². The van der Waals surface area contributed by atoms with E-state index in [-0.39, 0.29) is 18.4 Å². The van der Waals surface area contributed by atoms with Gasteiger partial charge in [0.25, 0.3) is 5.91 Å². The minimum Gasteiger partial charge on any atom is -0.392 e. The van der Waals surface area contributed by atoms with Gasteiger partial charge in [-0.3, -0.25) is 9.78 Å². The van der Waals surface area contributed by atoms with Crippen molar-refractivity contribution in [1.82, 2.24) is 20.1 Å². The smallest absolute Gasteiger partial charge is 0.392 e. The first kappa shape index (κ1) is 16.2. The van der Waals surface area contributed by atoms with Crippen LogP contribution in [0.2, 0.25) is 0 Å². The lowest BCUT2D eigenvalue weighted by molar-refractivity contribution is -0.138. The molecule has 1 unspecified atom stereocenters. The Morgan fingerprint density at radius 3 is 2.88 bits per heavy atom. The van der Waals surface area contributed by atoms with Gasteiger partial charge in [-0.15, -0.1) is 5.10 Å². The number of carbonyl (C=O) groups is 1. The maximum absolute atomic E-state index is 13.0. The number of nitrogens with zero attached hydrogens (tertiary/aromatic N) is 3. The average Bonchev–Trinajstić information content (AvgIpc) is 3.00. The highest BCUT2D eigenvalue weighted by molar-refractivity contribution is 5.94. The number of piperidine rings is 1. The third kappa shape index (κ3) is 3.17. The SMILES string of the molecule is O=C(c1ncccc1C(F)(F)F)N1CCCC(c2n[nH]c(=O)o2)C1. The lowest BCUT2D eigenvalue weighted by Gasteiger charge is -2.31. The Balaban J connectivity index is 1.84. The lowest BCUT2D eigenvalue weighted by Crippen LogP contribution is -2.40. The summed E-state index contributed by atoms with van der Waals surface area (Å²) in [4.78, 5) is 28.4. The minimum absolute atomic E-state index is 0.112. The van der Waals surface area contributed by atoms with E-state index >= 15 is 0 Å². The molecule has 1 aliphatic heterocycles. The van der Waals surface area contributed by atoms with Crippen LogP contribution in [0, 0.1) is 0 Å². The van der Waals surface area contributed by atoms with Crippen LogP contribution in [0.3, 0.4) is 0 Å². The number of aromatic nitrogens is 3. The van der Waals surface area contributed by atoms with E-state index in [4.69, 9.17) is 4.42 Å². The first-order chi connectivity index (χ1) is 11.4. The van der Waals surface area contributed by atoms with E-state index in [0.717, 1.165) is 18.3 Å². The molecule has 10 heteroatoms. The Kier molecular flexibility index (Phi) is 4.12. The molecule has 7 nitrogen and oxygen atoms in total. The van der Waals surface area contributed by atoms with Gasteiger partial charge in [0.1, 0.15) is 5.69 Å². The largest absolute Gasteiger partial charge is 0.434 e. The summed E-state index contributed by atoms with van der Waals surface area (Å²) in [6.45, 7) is 0.415. The maximum atomic E-state index is 13.0. The zero-order chi connectivity index (χ0) is 17.3. The number of rotatable bonds is 2. The third-order valence-corrected chi connectivity index (χ3v) is 3.83. The van der Waals surface area contributed by atoms with Crippen molar-refractivity contribution in [1.29, 1.82) is 0 Å². The van der Waals surface area contributed by atoms with Crippen LogP contribution in [0.5, 0.6) is 0 Å². The second-order valence-electron chi connectivity index (χ2n) is 5.44. The van der Waals surface area contributed by atoms with Gasteiger partial charge in [-0.05, 0) is 25.0 Å². The number of amides is 1. The predicted octanol–water partition coefficient (Wildman–Crippen LogP) is 1.80. The van der Waals surface area contributed by atoms with Crippen LogP contribution in [0.25, 0.3) is 0 Å². The van der Waals surface area contributed by atoms with Crippen molar-refractivity contribution < 1.29 is 22.4 Å². The molecule has 1 aliphatic rings. The second-order valence-corrected chi connectivity index (χ2v) is 5.44. The highest BCUT2D eigenvalue weighted by Gasteiger charge is 2.38. The highest BCUT2D eigenvalue weighted by Crippen LogP contribution is 2.32. The average molecular weight is 342 g/mol. The summed E-state index contributed by atoms with van der Waals surface area (Å²) in [6, 6.07) is 1.96. The standard InChI is InChI=1S/C14H13F3N4O3/c15-14(16,17)9-4-1-5-18-10(9)12(22)21-6-2-3-8(7-21)11-19-20-13(23)24-11/h1,4-5,8H,2-3,6-7H2,(H,20,23). The molecule has 1 atom stereocenters. The molecule has 3 heterocycles. The number of hydrogen-bond acceptors (Lipinski definition) is 5. The molecule has 1 amide bonds. The third-order valence-electron chi connectivity index (χ3n) is 3.83. The van der Waals surface area contributed by atoms with Crippen LogP contribution in [-0.2, 0) is 6.18 Å². The van der Waals surface area contributed by atoms with Gasteiger partial charge in [-0.1, -0.05) is 0 Å². The lowest BCUT2D eigenvalue weighted by atomic mass is 9.97. The maximum Gasteiger partial charge on any atom is 0.434 e. The number of H-pyrrole nitrogens is 1. The number of carbonyl (C=O) groups excluding carboxylic acids is 1. The van der Waals surface area contributed by atoms with Crippen LogP contribution in [0.4, 0.5) is 13.2 Å². The Morgan fingerprint density at radius 1 is 1.42 bits per heavy atom. The van der Waals surface area contributed by atoms with E-state index in [2.05, 4.69) is 15.2 Å². The molecule has 2 aromatic rings. The number of nitrogens with one attached hydrogen (secondary N) is 1. The summed E-state index contributed by atoms with van der Waals surface area (Å²) in [5.74, 6) is -1.71. The van der Waals surface area contributed by atoms with Crippen molar-refractivity contribution in [2.24, 2.45) is 0 Å². The topological polar surface area (TPSA) is 92.1 Å². The first-order valence-corrected chi connectivity index (χ1v) is 7.23. The minimum atomic E-state index is -4.66. The van der Waals surface area contributed by atoms with Gasteiger partial charge in [0.05, 0.1) is 11.5 Å². The van der Waals surface area contributed by atoms with Crippen molar-refractivity contribution in [3.8, 4) is 0 Å². The molecule has 3 rings (SSSR count). The van der Waals surface area contributed by atoms with Gasteiger partial charge in [-0.25, -0.2) is 9.89 Å². The number of alkyl halides is 3. The number of aromatic amines is 1. The molecule has 128 valence electrons. The van der Waals surface area contributed by atoms with Gasteiger partial charge < -0.3 is 9.32 Å².